The molecule has 29 heavy (non-hydrogen) atoms. The summed E-state index contributed by atoms with van der Waals surface area (Å²) in [5.41, 5.74) is 4.76. The van der Waals surface area contributed by atoms with E-state index in [0.717, 1.165) is 35.6 Å². The van der Waals surface area contributed by atoms with Crippen LogP contribution < -0.4 is 5.32 Å². The van der Waals surface area contributed by atoms with Crippen LogP contribution in [0, 0.1) is 6.92 Å². The Morgan fingerprint density at radius 1 is 1.17 bits per heavy atom. The molecule has 4 aromatic rings. The minimum Gasteiger partial charge on any atom is -0.508 e. The van der Waals surface area contributed by atoms with Crippen LogP contribution in [0.5, 0.6) is 5.75 Å². The van der Waals surface area contributed by atoms with E-state index in [2.05, 4.69) is 26.8 Å². The molecule has 3 heterocycles. The number of phenolic OH excluding ortho intramolecular Hbond substituents is 1. The molecule has 0 spiro atoms. The summed E-state index contributed by atoms with van der Waals surface area (Å²) >= 11 is 0. The molecule has 1 saturated carbocycles. The Morgan fingerprint density at radius 3 is 2.72 bits per heavy atom. The van der Waals surface area contributed by atoms with Crippen LogP contribution in [0.3, 0.4) is 0 Å². The molecule has 148 valence electrons. The summed E-state index contributed by atoms with van der Waals surface area (Å²) in [6.07, 6.45) is 6.66. The third-order valence-corrected chi connectivity index (χ3v) is 5.67. The van der Waals surface area contributed by atoms with Gasteiger partial charge < -0.3 is 19.4 Å². The molecule has 1 aliphatic carbocycles. The lowest BCUT2D eigenvalue weighted by Crippen LogP contribution is -2.07. The average molecular weight is 388 g/mol. The van der Waals surface area contributed by atoms with Crippen molar-refractivity contribution in [3.05, 3.63) is 71.6 Å². The van der Waals surface area contributed by atoms with Gasteiger partial charge in [-0.05, 0) is 67.5 Å². The number of furan rings is 1. The first-order valence-corrected chi connectivity index (χ1v) is 10.1. The molecular formula is C23H24N4O2. The van der Waals surface area contributed by atoms with Gasteiger partial charge in [-0.15, -0.1) is 0 Å². The number of benzene rings is 1. The summed E-state index contributed by atoms with van der Waals surface area (Å²) in [5.74, 6) is 2.71. The van der Waals surface area contributed by atoms with Gasteiger partial charge in [-0.2, -0.15) is 0 Å². The number of rotatable bonds is 7. The van der Waals surface area contributed by atoms with E-state index in [1.807, 2.05) is 24.3 Å². The van der Waals surface area contributed by atoms with E-state index in [-0.39, 0.29) is 0 Å². The standard InChI is InChI=1S/C23H24N4O2/c1-15-20(17-6-7-17)21-22(24-11-10-16-4-8-18(28)9-5-16)25-14-26-23(21)27(15)13-19-3-2-12-29-19/h2-5,8-9,12,14,17,28H,6-7,10-11,13H2,1H3,(H,24,25,26). The van der Waals surface area contributed by atoms with Crippen LogP contribution in [-0.2, 0) is 13.0 Å². The van der Waals surface area contributed by atoms with Crippen molar-refractivity contribution in [1.29, 1.82) is 0 Å². The minimum absolute atomic E-state index is 0.293. The predicted molar refractivity (Wildman–Crippen MR) is 112 cm³/mol. The van der Waals surface area contributed by atoms with Crippen molar-refractivity contribution in [2.24, 2.45) is 0 Å². The molecule has 0 bridgehead atoms. The summed E-state index contributed by atoms with van der Waals surface area (Å²) in [6, 6.07) is 11.3. The van der Waals surface area contributed by atoms with Gasteiger partial charge >= 0.3 is 0 Å². The summed E-state index contributed by atoms with van der Waals surface area (Å²) < 4.78 is 7.83. The average Bonchev–Trinajstić information content (AvgIpc) is 3.35. The quantitative estimate of drug-likeness (QED) is 0.483. The molecule has 0 atom stereocenters. The number of hydrogen-bond acceptors (Lipinski definition) is 5. The Labute approximate surface area is 169 Å². The van der Waals surface area contributed by atoms with Gasteiger partial charge in [0.15, 0.2) is 0 Å². The molecule has 2 N–H and O–H groups in total. The monoisotopic (exact) mass is 388 g/mol. The first-order chi connectivity index (χ1) is 14.2. The van der Waals surface area contributed by atoms with E-state index in [1.165, 1.54) is 29.7 Å². The molecule has 1 aliphatic rings. The van der Waals surface area contributed by atoms with Gasteiger partial charge in [-0.25, -0.2) is 9.97 Å². The zero-order chi connectivity index (χ0) is 19.8. The second kappa shape index (κ2) is 7.28. The molecule has 3 aromatic heterocycles. The Balaban J connectivity index is 1.46. The number of phenols is 1. The summed E-state index contributed by atoms with van der Waals surface area (Å²) in [5, 5.41) is 14.1. The van der Waals surface area contributed by atoms with E-state index < -0.39 is 0 Å². The van der Waals surface area contributed by atoms with Crippen LogP contribution >= 0.6 is 0 Å². The number of anilines is 1. The number of nitrogens with one attached hydrogen (secondary N) is 1. The molecule has 1 aromatic carbocycles. The van der Waals surface area contributed by atoms with Gasteiger partial charge in [0.05, 0.1) is 18.2 Å². The number of aromatic hydroxyl groups is 1. The Bertz CT molecular complexity index is 1130. The Morgan fingerprint density at radius 2 is 2.00 bits per heavy atom. The first kappa shape index (κ1) is 17.8. The Hall–Kier alpha value is -3.28. The normalized spacial score (nSPS) is 13.8. The molecule has 6 nitrogen and oxygen atoms in total. The lowest BCUT2D eigenvalue weighted by Gasteiger charge is -2.09. The third-order valence-electron chi connectivity index (χ3n) is 5.67. The van der Waals surface area contributed by atoms with E-state index in [4.69, 9.17) is 4.42 Å². The fourth-order valence-electron chi connectivity index (χ4n) is 4.06. The van der Waals surface area contributed by atoms with E-state index in [9.17, 15) is 5.11 Å². The van der Waals surface area contributed by atoms with Gasteiger partial charge in [-0.1, -0.05) is 12.1 Å². The zero-order valence-electron chi connectivity index (χ0n) is 16.4. The van der Waals surface area contributed by atoms with Crippen LogP contribution in [0.4, 0.5) is 5.82 Å². The van der Waals surface area contributed by atoms with Crippen molar-refractivity contribution in [3.63, 3.8) is 0 Å². The lowest BCUT2D eigenvalue weighted by molar-refractivity contribution is 0.475. The van der Waals surface area contributed by atoms with Gasteiger partial charge in [0.1, 0.15) is 29.3 Å². The van der Waals surface area contributed by atoms with Crippen molar-refractivity contribution in [1.82, 2.24) is 14.5 Å². The summed E-state index contributed by atoms with van der Waals surface area (Å²) in [6.45, 7) is 3.62. The van der Waals surface area contributed by atoms with Crippen molar-refractivity contribution in [3.8, 4) is 5.75 Å². The molecular weight excluding hydrogens is 364 g/mol. The molecule has 0 amide bonds. The lowest BCUT2D eigenvalue weighted by atomic mass is 10.1. The zero-order valence-corrected chi connectivity index (χ0v) is 16.4. The molecule has 0 saturated heterocycles. The first-order valence-electron chi connectivity index (χ1n) is 10.1. The van der Waals surface area contributed by atoms with Crippen molar-refractivity contribution in [2.45, 2.75) is 38.6 Å². The topological polar surface area (TPSA) is 76.1 Å². The third kappa shape index (κ3) is 3.46. The van der Waals surface area contributed by atoms with Crippen LogP contribution in [0.15, 0.2) is 53.4 Å². The van der Waals surface area contributed by atoms with Crippen molar-refractivity contribution < 1.29 is 9.52 Å². The van der Waals surface area contributed by atoms with Crippen molar-refractivity contribution in [2.75, 3.05) is 11.9 Å². The van der Waals surface area contributed by atoms with Crippen LogP contribution in [0.1, 0.15) is 41.3 Å². The fraction of sp³-hybridized carbons (Fsp3) is 0.304. The van der Waals surface area contributed by atoms with Crippen LogP contribution in [0.25, 0.3) is 11.0 Å². The molecule has 0 aliphatic heterocycles. The molecule has 6 heteroatoms. The minimum atomic E-state index is 0.293. The SMILES string of the molecule is Cc1c(C2CC2)c2c(NCCc3ccc(O)cc3)ncnc2n1Cc1ccco1. The van der Waals surface area contributed by atoms with Crippen molar-refractivity contribution >= 4 is 16.9 Å². The second-order valence-corrected chi connectivity index (χ2v) is 7.70. The molecule has 0 radical (unpaired) electrons. The smallest absolute Gasteiger partial charge is 0.146 e. The van der Waals surface area contributed by atoms with Gasteiger partial charge in [0, 0.05) is 12.2 Å². The predicted octanol–water partition coefficient (Wildman–Crippen LogP) is 4.62. The number of hydrogen-bond donors (Lipinski definition) is 2. The van der Waals surface area contributed by atoms with E-state index in [1.54, 1.807) is 24.7 Å². The van der Waals surface area contributed by atoms with E-state index >= 15 is 0 Å². The number of aromatic nitrogens is 3. The largest absolute Gasteiger partial charge is 0.508 e. The molecule has 5 rings (SSSR count). The highest BCUT2D eigenvalue weighted by atomic mass is 16.3. The summed E-state index contributed by atoms with van der Waals surface area (Å²) in [7, 11) is 0. The highest BCUT2D eigenvalue weighted by Gasteiger charge is 2.32. The maximum atomic E-state index is 9.45. The van der Waals surface area contributed by atoms with Gasteiger partial charge in [0.2, 0.25) is 0 Å². The highest BCUT2D eigenvalue weighted by molar-refractivity contribution is 5.93. The maximum absolute atomic E-state index is 9.45. The highest BCUT2D eigenvalue weighted by Crippen LogP contribution is 2.47. The summed E-state index contributed by atoms with van der Waals surface area (Å²) in [4.78, 5) is 9.21. The maximum Gasteiger partial charge on any atom is 0.146 e. The van der Waals surface area contributed by atoms with Gasteiger partial charge in [-0.3, -0.25) is 0 Å². The second-order valence-electron chi connectivity index (χ2n) is 7.70. The Kier molecular flexibility index (Phi) is 4.46. The fourth-order valence-corrected chi connectivity index (χ4v) is 4.06. The van der Waals surface area contributed by atoms with Gasteiger partial charge in [0.25, 0.3) is 0 Å². The number of fused-ring (bicyclic) bond motifs is 1. The number of nitrogens with zero attached hydrogens (tertiary/aromatic N) is 3. The van der Waals surface area contributed by atoms with Crippen LogP contribution in [-0.4, -0.2) is 26.2 Å². The van der Waals surface area contributed by atoms with Crippen LogP contribution in [0.2, 0.25) is 0 Å². The van der Waals surface area contributed by atoms with E-state index in [0.29, 0.717) is 18.2 Å². The molecule has 1 fully saturated rings. The molecule has 0 unspecified atom stereocenters.